The van der Waals surface area contributed by atoms with Gasteiger partial charge < -0.3 is 11.1 Å². The van der Waals surface area contributed by atoms with Crippen LogP contribution in [0.25, 0.3) is 0 Å². The van der Waals surface area contributed by atoms with Gasteiger partial charge in [-0.3, -0.25) is 14.9 Å². The number of nitro groups is 1. The number of anilines is 1. The maximum atomic E-state index is 11.7. The van der Waals surface area contributed by atoms with Gasteiger partial charge in [0.15, 0.2) is 0 Å². The zero-order valence-corrected chi connectivity index (χ0v) is 10.1. The summed E-state index contributed by atoms with van der Waals surface area (Å²) in [6, 6.07) is 3.95. The third-order valence-corrected chi connectivity index (χ3v) is 2.67. The molecule has 17 heavy (non-hydrogen) atoms. The predicted molar refractivity (Wildman–Crippen MR) is 68.2 cm³/mol. The highest BCUT2D eigenvalue weighted by atomic mass is 32.2. The molecular formula is C10H13N3O3S. The number of hydrogen-bond donors (Lipinski definition) is 2. The van der Waals surface area contributed by atoms with Crippen LogP contribution in [0.15, 0.2) is 18.2 Å². The molecule has 1 aromatic rings. The third kappa shape index (κ3) is 3.63. The summed E-state index contributed by atoms with van der Waals surface area (Å²) >= 11 is 1.58. The van der Waals surface area contributed by atoms with Gasteiger partial charge in [0.1, 0.15) is 5.56 Å². The van der Waals surface area contributed by atoms with E-state index in [1.54, 1.807) is 11.8 Å². The van der Waals surface area contributed by atoms with Crippen molar-refractivity contribution < 1.29 is 9.72 Å². The summed E-state index contributed by atoms with van der Waals surface area (Å²) < 4.78 is 0. The molecule has 0 bridgehead atoms. The Hall–Kier alpha value is -1.76. The molecule has 0 atom stereocenters. The smallest absolute Gasteiger partial charge is 0.282 e. The second kappa shape index (κ2) is 6.09. The fourth-order valence-corrected chi connectivity index (χ4v) is 1.56. The lowest BCUT2D eigenvalue weighted by molar-refractivity contribution is -0.385. The Morgan fingerprint density at radius 1 is 1.59 bits per heavy atom. The van der Waals surface area contributed by atoms with Gasteiger partial charge in [0.25, 0.3) is 11.6 Å². The fourth-order valence-electron chi connectivity index (χ4n) is 1.26. The normalized spacial score (nSPS) is 9.94. The molecule has 0 fully saturated rings. The number of nitrogens with two attached hydrogens (primary N) is 1. The van der Waals surface area contributed by atoms with Crippen molar-refractivity contribution in [2.24, 2.45) is 0 Å². The van der Waals surface area contributed by atoms with Gasteiger partial charge in [0.2, 0.25) is 0 Å². The van der Waals surface area contributed by atoms with Crippen LogP contribution in [0, 0.1) is 10.1 Å². The maximum Gasteiger partial charge on any atom is 0.282 e. The molecule has 0 spiro atoms. The standard InChI is InChI=1S/C10H13N3O3S/c1-17-5-4-12-10(14)8-6-7(11)2-3-9(8)13(15)16/h2-3,6H,4-5,11H2,1H3,(H,12,14). The molecule has 92 valence electrons. The van der Waals surface area contributed by atoms with E-state index in [9.17, 15) is 14.9 Å². The largest absolute Gasteiger partial charge is 0.399 e. The van der Waals surface area contributed by atoms with E-state index in [1.165, 1.54) is 18.2 Å². The lowest BCUT2D eigenvalue weighted by Gasteiger charge is -2.05. The third-order valence-electron chi connectivity index (χ3n) is 2.05. The second-order valence-electron chi connectivity index (χ2n) is 3.28. The van der Waals surface area contributed by atoms with Crippen LogP contribution in [-0.4, -0.2) is 29.4 Å². The zero-order valence-electron chi connectivity index (χ0n) is 9.30. The highest BCUT2D eigenvalue weighted by Gasteiger charge is 2.19. The van der Waals surface area contributed by atoms with Gasteiger partial charge in [-0.25, -0.2) is 0 Å². The molecule has 0 radical (unpaired) electrons. The summed E-state index contributed by atoms with van der Waals surface area (Å²) in [5.41, 5.74) is 5.60. The average molecular weight is 255 g/mol. The second-order valence-corrected chi connectivity index (χ2v) is 4.27. The number of nitrogen functional groups attached to an aromatic ring is 1. The van der Waals surface area contributed by atoms with E-state index in [0.717, 1.165) is 5.75 Å². The first-order valence-electron chi connectivity index (χ1n) is 4.87. The van der Waals surface area contributed by atoms with E-state index in [0.29, 0.717) is 12.2 Å². The van der Waals surface area contributed by atoms with Crippen molar-refractivity contribution in [3.63, 3.8) is 0 Å². The number of thioether (sulfide) groups is 1. The quantitative estimate of drug-likeness (QED) is 0.357. The minimum atomic E-state index is -0.594. The van der Waals surface area contributed by atoms with Crippen LogP contribution in [0.4, 0.5) is 11.4 Å². The van der Waals surface area contributed by atoms with Crippen molar-refractivity contribution in [1.29, 1.82) is 0 Å². The highest BCUT2D eigenvalue weighted by Crippen LogP contribution is 2.20. The summed E-state index contributed by atoms with van der Waals surface area (Å²) in [5.74, 6) is 0.278. The van der Waals surface area contributed by atoms with Crippen molar-refractivity contribution in [1.82, 2.24) is 5.32 Å². The number of hydrogen-bond acceptors (Lipinski definition) is 5. The Morgan fingerprint density at radius 2 is 2.29 bits per heavy atom. The van der Waals surface area contributed by atoms with E-state index in [-0.39, 0.29) is 11.3 Å². The Morgan fingerprint density at radius 3 is 2.88 bits per heavy atom. The molecule has 0 unspecified atom stereocenters. The molecule has 0 aromatic heterocycles. The van der Waals surface area contributed by atoms with E-state index >= 15 is 0 Å². The molecule has 1 amide bonds. The van der Waals surface area contributed by atoms with E-state index in [1.807, 2.05) is 6.26 Å². The monoisotopic (exact) mass is 255 g/mol. The van der Waals surface area contributed by atoms with Crippen LogP contribution in [-0.2, 0) is 0 Å². The molecule has 1 aromatic carbocycles. The van der Waals surface area contributed by atoms with Crippen molar-refractivity contribution >= 4 is 29.0 Å². The lowest BCUT2D eigenvalue weighted by Crippen LogP contribution is -2.26. The molecule has 0 aliphatic rings. The highest BCUT2D eigenvalue weighted by molar-refractivity contribution is 7.98. The Kier molecular flexibility index (Phi) is 4.77. The van der Waals surface area contributed by atoms with Gasteiger partial charge in [0, 0.05) is 24.1 Å². The van der Waals surface area contributed by atoms with Crippen LogP contribution >= 0.6 is 11.8 Å². The summed E-state index contributed by atoms with van der Waals surface area (Å²) in [7, 11) is 0. The summed E-state index contributed by atoms with van der Waals surface area (Å²) in [4.78, 5) is 21.9. The van der Waals surface area contributed by atoms with Crippen molar-refractivity contribution in [2.75, 3.05) is 24.3 Å². The van der Waals surface area contributed by atoms with Crippen LogP contribution in [0.1, 0.15) is 10.4 Å². The molecule has 1 rings (SSSR count). The van der Waals surface area contributed by atoms with Crippen LogP contribution in [0.5, 0.6) is 0 Å². The van der Waals surface area contributed by atoms with Crippen LogP contribution < -0.4 is 11.1 Å². The van der Waals surface area contributed by atoms with Crippen LogP contribution in [0.3, 0.4) is 0 Å². The molecule has 0 aliphatic heterocycles. The molecule has 3 N–H and O–H groups in total. The summed E-state index contributed by atoms with van der Waals surface area (Å²) in [6.07, 6.45) is 1.91. The number of rotatable bonds is 5. The lowest BCUT2D eigenvalue weighted by atomic mass is 10.1. The van der Waals surface area contributed by atoms with Gasteiger partial charge in [-0.1, -0.05) is 0 Å². The topological polar surface area (TPSA) is 98.3 Å². The number of nitro benzene ring substituents is 1. The van der Waals surface area contributed by atoms with Crippen molar-refractivity contribution in [2.45, 2.75) is 0 Å². The number of carbonyl (C=O) groups is 1. The molecule has 7 heteroatoms. The fraction of sp³-hybridized carbons (Fsp3) is 0.300. The van der Waals surface area contributed by atoms with E-state index in [2.05, 4.69) is 5.32 Å². The number of nitrogens with zero attached hydrogens (tertiary/aromatic N) is 1. The first kappa shape index (κ1) is 13.3. The van der Waals surface area contributed by atoms with Gasteiger partial charge in [0.05, 0.1) is 4.92 Å². The molecular weight excluding hydrogens is 242 g/mol. The molecule has 0 heterocycles. The van der Waals surface area contributed by atoms with Gasteiger partial charge in [-0.15, -0.1) is 0 Å². The van der Waals surface area contributed by atoms with Gasteiger partial charge in [-0.05, 0) is 18.4 Å². The number of amides is 1. The summed E-state index contributed by atoms with van der Waals surface area (Å²) in [5, 5.41) is 13.4. The molecule has 0 saturated heterocycles. The SMILES string of the molecule is CSCCNC(=O)c1cc(N)ccc1[N+](=O)[O-]. The minimum Gasteiger partial charge on any atom is -0.399 e. The van der Waals surface area contributed by atoms with Crippen molar-refractivity contribution in [3.8, 4) is 0 Å². The number of carbonyl (C=O) groups excluding carboxylic acids is 1. The van der Waals surface area contributed by atoms with E-state index in [4.69, 9.17) is 5.73 Å². The minimum absolute atomic E-state index is 0.00361. The van der Waals surface area contributed by atoms with Gasteiger partial charge >= 0.3 is 0 Å². The zero-order chi connectivity index (χ0) is 12.8. The molecule has 0 aliphatic carbocycles. The number of benzene rings is 1. The molecule has 0 saturated carbocycles. The summed E-state index contributed by atoms with van der Waals surface area (Å²) in [6.45, 7) is 0.464. The van der Waals surface area contributed by atoms with E-state index < -0.39 is 10.8 Å². The first-order valence-corrected chi connectivity index (χ1v) is 6.26. The van der Waals surface area contributed by atoms with Crippen LogP contribution in [0.2, 0.25) is 0 Å². The average Bonchev–Trinajstić information content (AvgIpc) is 2.28. The Labute approximate surface area is 103 Å². The molecule has 6 nitrogen and oxygen atoms in total. The Bertz CT molecular complexity index is 437. The predicted octanol–water partition coefficient (Wildman–Crippen LogP) is 1.27. The van der Waals surface area contributed by atoms with Gasteiger partial charge in [-0.2, -0.15) is 11.8 Å². The first-order chi connectivity index (χ1) is 8.06. The Balaban J connectivity index is 2.90. The number of nitrogens with one attached hydrogen (secondary N) is 1. The maximum absolute atomic E-state index is 11.7. The van der Waals surface area contributed by atoms with Crippen molar-refractivity contribution in [3.05, 3.63) is 33.9 Å².